The molecule has 0 heterocycles. The molecule has 0 fully saturated rings. The second kappa shape index (κ2) is 7.49. The van der Waals surface area contributed by atoms with E-state index in [1.165, 1.54) is 0 Å². The lowest BCUT2D eigenvalue weighted by Crippen LogP contribution is -2.21. The van der Waals surface area contributed by atoms with Gasteiger partial charge >= 0.3 is 6.03 Å². The fraction of sp³-hybridized carbons (Fsp3) is 0.350. The molecule has 128 valence electrons. The van der Waals surface area contributed by atoms with E-state index in [1.807, 2.05) is 49.4 Å². The van der Waals surface area contributed by atoms with E-state index in [0.29, 0.717) is 6.42 Å². The Balaban J connectivity index is 2.19. The van der Waals surface area contributed by atoms with E-state index in [4.69, 9.17) is 0 Å². The lowest BCUT2D eigenvalue weighted by molar-refractivity contribution is 0.262. The first-order valence-electron chi connectivity index (χ1n) is 8.18. The molecule has 2 rings (SSSR count). The van der Waals surface area contributed by atoms with Crippen LogP contribution in [0.1, 0.15) is 37.5 Å². The third-order valence-corrected chi connectivity index (χ3v) is 3.91. The number of amides is 2. The van der Waals surface area contributed by atoms with Crippen molar-refractivity contribution in [1.82, 2.24) is 0 Å². The van der Waals surface area contributed by atoms with E-state index in [9.17, 15) is 9.90 Å². The largest absolute Gasteiger partial charge is 0.396 e. The quantitative estimate of drug-likeness (QED) is 0.776. The van der Waals surface area contributed by atoms with Crippen LogP contribution in [0.2, 0.25) is 0 Å². The summed E-state index contributed by atoms with van der Waals surface area (Å²) in [7, 11) is 0. The molecule has 0 saturated carbocycles. The SMILES string of the molecule is Cc1ccc(NC(=O)Nc2cc(C(C)(C)C)ccc2CCO)cc1. The smallest absolute Gasteiger partial charge is 0.323 e. The summed E-state index contributed by atoms with van der Waals surface area (Å²) >= 11 is 0. The predicted molar refractivity (Wildman–Crippen MR) is 99.8 cm³/mol. The molecule has 0 aromatic heterocycles. The molecule has 2 aromatic rings. The molecule has 24 heavy (non-hydrogen) atoms. The van der Waals surface area contributed by atoms with Crippen LogP contribution in [0, 0.1) is 6.92 Å². The maximum absolute atomic E-state index is 12.3. The summed E-state index contributed by atoms with van der Waals surface area (Å²) < 4.78 is 0. The van der Waals surface area contributed by atoms with E-state index in [-0.39, 0.29) is 18.1 Å². The Morgan fingerprint density at radius 2 is 1.71 bits per heavy atom. The number of aliphatic hydroxyl groups is 1. The van der Waals surface area contributed by atoms with Crippen molar-refractivity contribution in [2.75, 3.05) is 17.2 Å². The molecule has 0 spiro atoms. The number of rotatable bonds is 4. The van der Waals surface area contributed by atoms with Gasteiger partial charge in [0, 0.05) is 18.0 Å². The highest BCUT2D eigenvalue weighted by Crippen LogP contribution is 2.27. The van der Waals surface area contributed by atoms with Crippen molar-refractivity contribution in [3.63, 3.8) is 0 Å². The van der Waals surface area contributed by atoms with Gasteiger partial charge in [0.2, 0.25) is 0 Å². The standard InChI is InChI=1S/C20H26N2O2/c1-14-5-9-17(10-6-14)21-19(24)22-18-13-16(20(2,3)4)8-7-15(18)11-12-23/h5-10,13,23H,11-12H2,1-4H3,(H2,21,22,24). The van der Waals surface area contributed by atoms with Gasteiger partial charge in [-0.15, -0.1) is 0 Å². The van der Waals surface area contributed by atoms with E-state index < -0.39 is 0 Å². The summed E-state index contributed by atoms with van der Waals surface area (Å²) in [6.07, 6.45) is 0.505. The number of nitrogens with one attached hydrogen (secondary N) is 2. The van der Waals surface area contributed by atoms with Crippen molar-refractivity contribution in [2.24, 2.45) is 0 Å². The number of carbonyl (C=O) groups excluding carboxylic acids is 1. The van der Waals surface area contributed by atoms with Crippen LogP contribution in [0.25, 0.3) is 0 Å². The van der Waals surface area contributed by atoms with Crippen LogP contribution in [0.4, 0.5) is 16.2 Å². The van der Waals surface area contributed by atoms with E-state index in [0.717, 1.165) is 28.1 Å². The summed E-state index contributed by atoms with van der Waals surface area (Å²) in [6.45, 7) is 8.44. The summed E-state index contributed by atoms with van der Waals surface area (Å²) in [6, 6.07) is 13.4. The van der Waals surface area contributed by atoms with Crippen molar-refractivity contribution < 1.29 is 9.90 Å². The number of urea groups is 1. The summed E-state index contributed by atoms with van der Waals surface area (Å²) in [5.74, 6) is 0. The number of carbonyl (C=O) groups is 1. The van der Waals surface area contributed by atoms with Gasteiger partial charge in [-0.2, -0.15) is 0 Å². The summed E-state index contributed by atoms with van der Waals surface area (Å²) in [5.41, 5.74) is 4.67. The minimum absolute atomic E-state index is 0.0123. The van der Waals surface area contributed by atoms with Crippen LogP contribution in [-0.4, -0.2) is 17.7 Å². The molecule has 0 aliphatic heterocycles. The molecule has 0 unspecified atom stereocenters. The minimum Gasteiger partial charge on any atom is -0.396 e. The highest BCUT2D eigenvalue weighted by molar-refractivity contribution is 6.00. The Hall–Kier alpha value is -2.33. The van der Waals surface area contributed by atoms with Crippen LogP contribution in [0.15, 0.2) is 42.5 Å². The first-order valence-corrected chi connectivity index (χ1v) is 8.18. The Labute approximate surface area is 143 Å². The Kier molecular flexibility index (Phi) is 5.62. The Bertz CT molecular complexity index is 701. The molecule has 0 aliphatic rings. The maximum atomic E-state index is 12.3. The van der Waals surface area contributed by atoms with Gasteiger partial charge in [0.25, 0.3) is 0 Å². The van der Waals surface area contributed by atoms with E-state index in [1.54, 1.807) is 0 Å². The molecule has 0 bridgehead atoms. The fourth-order valence-corrected chi connectivity index (χ4v) is 2.42. The van der Waals surface area contributed by atoms with Crippen molar-refractivity contribution >= 4 is 17.4 Å². The Morgan fingerprint density at radius 3 is 2.29 bits per heavy atom. The molecule has 2 amide bonds. The normalized spacial score (nSPS) is 11.2. The third kappa shape index (κ3) is 4.83. The zero-order valence-corrected chi connectivity index (χ0v) is 14.8. The van der Waals surface area contributed by atoms with Crippen LogP contribution in [0.5, 0.6) is 0 Å². The lowest BCUT2D eigenvalue weighted by atomic mass is 9.86. The molecule has 0 saturated heterocycles. The number of aliphatic hydroxyl groups excluding tert-OH is 1. The minimum atomic E-state index is -0.288. The molecule has 0 atom stereocenters. The van der Waals surface area contributed by atoms with Crippen LogP contribution < -0.4 is 10.6 Å². The predicted octanol–water partition coefficient (Wildman–Crippen LogP) is 4.47. The zero-order chi connectivity index (χ0) is 17.7. The number of hydrogen-bond acceptors (Lipinski definition) is 2. The van der Waals surface area contributed by atoms with Gasteiger partial charge in [0.05, 0.1) is 0 Å². The van der Waals surface area contributed by atoms with E-state index in [2.05, 4.69) is 31.4 Å². The molecule has 4 nitrogen and oxygen atoms in total. The highest BCUT2D eigenvalue weighted by atomic mass is 16.3. The number of aryl methyl sites for hydroxylation is 1. The number of benzene rings is 2. The topological polar surface area (TPSA) is 61.4 Å². The van der Waals surface area contributed by atoms with Crippen LogP contribution in [-0.2, 0) is 11.8 Å². The van der Waals surface area contributed by atoms with Gasteiger partial charge < -0.3 is 15.7 Å². The van der Waals surface area contributed by atoms with Gasteiger partial charge in [0.1, 0.15) is 0 Å². The zero-order valence-electron chi connectivity index (χ0n) is 14.8. The van der Waals surface area contributed by atoms with Gasteiger partial charge in [-0.3, -0.25) is 0 Å². The number of hydrogen-bond donors (Lipinski definition) is 3. The van der Waals surface area contributed by atoms with Gasteiger partial charge in [-0.1, -0.05) is 50.6 Å². The van der Waals surface area contributed by atoms with E-state index >= 15 is 0 Å². The van der Waals surface area contributed by atoms with Crippen molar-refractivity contribution in [3.8, 4) is 0 Å². The van der Waals surface area contributed by atoms with Gasteiger partial charge in [-0.25, -0.2) is 4.79 Å². The molecule has 4 heteroatoms. The second-order valence-electron chi connectivity index (χ2n) is 7.04. The molecule has 3 N–H and O–H groups in total. The van der Waals surface area contributed by atoms with Crippen LogP contribution >= 0.6 is 0 Å². The van der Waals surface area contributed by atoms with Crippen LogP contribution in [0.3, 0.4) is 0 Å². The van der Waals surface area contributed by atoms with Gasteiger partial charge in [0.15, 0.2) is 0 Å². The molecule has 2 aromatic carbocycles. The fourth-order valence-electron chi connectivity index (χ4n) is 2.42. The molecule has 0 radical (unpaired) electrons. The average molecular weight is 326 g/mol. The molecular formula is C20H26N2O2. The molecular weight excluding hydrogens is 300 g/mol. The lowest BCUT2D eigenvalue weighted by Gasteiger charge is -2.21. The Morgan fingerprint density at radius 1 is 1.04 bits per heavy atom. The second-order valence-corrected chi connectivity index (χ2v) is 7.04. The van der Waals surface area contributed by atoms with Crippen molar-refractivity contribution in [3.05, 3.63) is 59.2 Å². The third-order valence-electron chi connectivity index (χ3n) is 3.91. The summed E-state index contributed by atoms with van der Waals surface area (Å²) in [4.78, 5) is 12.3. The monoisotopic (exact) mass is 326 g/mol. The van der Waals surface area contributed by atoms with Crippen molar-refractivity contribution in [2.45, 2.75) is 39.5 Å². The molecule has 0 aliphatic carbocycles. The maximum Gasteiger partial charge on any atom is 0.323 e. The first-order chi connectivity index (χ1) is 11.3. The van der Waals surface area contributed by atoms with Crippen molar-refractivity contribution in [1.29, 1.82) is 0 Å². The average Bonchev–Trinajstić information content (AvgIpc) is 2.50. The number of anilines is 2. The summed E-state index contributed by atoms with van der Waals surface area (Å²) in [5, 5.41) is 15.0. The highest BCUT2D eigenvalue weighted by Gasteiger charge is 2.16. The van der Waals surface area contributed by atoms with Gasteiger partial charge in [-0.05, 0) is 48.1 Å². The first kappa shape index (κ1) is 18.0.